The highest BCUT2D eigenvalue weighted by Gasteiger charge is 2.37. The first-order valence-corrected chi connectivity index (χ1v) is 10.9. The number of piperazine rings is 1. The van der Waals surface area contributed by atoms with Gasteiger partial charge in [0.25, 0.3) is 0 Å². The molecule has 3 aliphatic rings. The summed E-state index contributed by atoms with van der Waals surface area (Å²) in [6.07, 6.45) is 8.48. The number of nitrogens with zero attached hydrogens (tertiary/aromatic N) is 4. The summed E-state index contributed by atoms with van der Waals surface area (Å²) in [6.45, 7) is 2.26. The maximum atomic E-state index is 13.1. The van der Waals surface area contributed by atoms with E-state index in [1.165, 1.54) is 19.3 Å². The third-order valence-corrected chi connectivity index (χ3v) is 6.51. The molecule has 3 amide bonds. The number of pyridine rings is 1. The van der Waals surface area contributed by atoms with Crippen molar-refractivity contribution in [3.8, 4) is 0 Å². The number of hydrogen-bond acceptors (Lipinski definition) is 4. The van der Waals surface area contributed by atoms with Gasteiger partial charge in [-0.15, -0.1) is 0 Å². The molecule has 0 aromatic carbocycles. The molecule has 3 fully saturated rings. The number of aromatic nitrogens is 1. The number of piperidine rings is 1. The Labute approximate surface area is 172 Å². The fraction of sp³-hybridized carbons (Fsp3) is 0.636. The van der Waals surface area contributed by atoms with Crippen LogP contribution in [0.25, 0.3) is 0 Å². The molecule has 29 heavy (non-hydrogen) atoms. The van der Waals surface area contributed by atoms with Crippen LogP contribution in [0.4, 0.5) is 0 Å². The fourth-order valence-electron chi connectivity index (χ4n) is 4.87. The molecule has 2 saturated heterocycles. The van der Waals surface area contributed by atoms with E-state index < -0.39 is 0 Å². The molecule has 1 saturated carbocycles. The van der Waals surface area contributed by atoms with Gasteiger partial charge >= 0.3 is 0 Å². The second kappa shape index (κ2) is 8.93. The van der Waals surface area contributed by atoms with Crippen molar-refractivity contribution in [3.63, 3.8) is 0 Å². The summed E-state index contributed by atoms with van der Waals surface area (Å²) in [5.74, 6) is -0.0720. The molecular formula is C22H30N4O3. The van der Waals surface area contributed by atoms with E-state index in [2.05, 4.69) is 4.98 Å². The van der Waals surface area contributed by atoms with Crippen molar-refractivity contribution in [1.82, 2.24) is 19.7 Å². The van der Waals surface area contributed by atoms with Crippen LogP contribution in [0, 0.1) is 5.92 Å². The van der Waals surface area contributed by atoms with Crippen LogP contribution in [0.2, 0.25) is 0 Å². The quantitative estimate of drug-likeness (QED) is 0.776. The van der Waals surface area contributed by atoms with Gasteiger partial charge in [-0.05, 0) is 31.4 Å². The SMILES string of the molecule is O=C1CC[C@H](C(=O)N2CCN(C3CCCCC3)C(=O)C2)CN1Cc1ccccn1. The van der Waals surface area contributed by atoms with Gasteiger partial charge < -0.3 is 14.7 Å². The summed E-state index contributed by atoms with van der Waals surface area (Å²) < 4.78 is 0. The Morgan fingerprint density at radius 2 is 1.86 bits per heavy atom. The van der Waals surface area contributed by atoms with E-state index in [0.717, 1.165) is 18.5 Å². The summed E-state index contributed by atoms with van der Waals surface area (Å²) in [5, 5.41) is 0. The van der Waals surface area contributed by atoms with Crippen LogP contribution in [0.3, 0.4) is 0 Å². The van der Waals surface area contributed by atoms with E-state index in [1.807, 2.05) is 23.1 Å². The molecule has 0 spiro atoms. The van der Waals surface area contributed by atoms with Gasteiger partial charge in [0.05, 0.1) is 24.7 Å². The molecule has 156 valence electrons. The molecule has 0 radical (unpaired) electrons. The van der Waals surface area contributed by atoms with Gasteiger partial charge in [-0.3, -0.25) is 19.4 Å². The van der Waals surface area contributed by atoms with E-state index in [9.17, 15) is 14.4 Å². The van der Waals surface area contributed by atoms with Gasteiger partial charge in [-0.25, -0.2) is 0 Å². The average Bonchev–Trinajstić information content (AvgIpc) is 2.76. The Hall–Kier alpha value is -2.44. The zero-order valence-corrected chi connectivity index (χ0v) is 17.0. The molecule has 3 heterocycles. The van der Waals surface area contributed by atoms with Gasteiger partial charge in [0.1, 0.15) is 0 Å². The molecule has 0 N–H and O–H groups in total. The van der Waals surface area contributed by atoms with Crippen molar-refractivity contribution in [2.24, 2.45) is 5.92 Å². The first-order chi connectivity index (χ1) is 14.1. The monoisotopic (exact) mass is 398 g/mol. The topological polar surface area (TPSA) is 73.8 Å². The fourth-order valence-corrected chi connectivity index (χ4v) is 4.87. The van der Waals surface area contributed by atoms with Crippen LogP contribution in [0.15, 0.2) is 24.4 Å². The van der Waals surface area contributed by atoms with E-state index in [0.29, 0.717) is 45.1 Å². The molecule has 7 heteroatoms. The van der Waals surface area contributed by atoms with Crippen LogP contribution in [0.1, 0.15) is 50.6 Å². The third kappa shape index (κ3) is 4.60. The number of amides is 3. The van der Waals surface area contributed by atoms with E-state index in [-0.39, 0.29) is 30.2 Å². The number of rotatable bonds is 4. The van der Waals surface area contributed by atoms with Crippen LogP contribution >= 0.6 is 0 Å². The Balaban J connectivity index is 1.34. The van der Waals surface area contributed by atoms with Crippen LogP contribution in [-0.4, -0.2) is 69.6 Å². The highest BCUT2D eigenvalue weighted by Crippen LogP contribution is 2.26. The Morgan fingerprint density at radius 3 is 2.59 bits per heavy atom. The lowest BCUT2D eigenvalue weighted by molar-refractivity contribution is -0.152. The number of carbonyl (C=O) groups excluding carboxylic acids is 3. The van der Waals surface area contributed by atoms with Crippen LogP contribution in [-0.2, 0) is 20.9 Å². The lowest BCUT2D eigenvalue weighted by Gasteiger charge is -2.42. The molecule has 4 rings (SSSR count). The van der Waals surface area contributed by atoms with Crippen molar-refractivity contribution in [2.45, 2.75) is 57.5 Å². The van der Waals surface area contributed by atoms with E-state index in [4.69, 9.17) is 0 Å². The largest absolute Gasteiger partial charge is 0.336 e. The molecule has 1 aromatic heterocycles. The van der Waals surface area contributed by atoms with Gasteiger partial charge in [0.15, 0.2) is 0 Å². The molecule has 2 aliphatic heterocycles. The minimum absolute atomic E-state index is 0.0140. The van der Waals surface area contributed by atoms with E-state index in [1.54, 1.807) is 16.0 Å². The summed E-state index contributed by atoms with van der Waals surface area (Å²) in [7, 11) is 0. The molecular weight excluding hydrogens is 368 g/mol. The maximum Gasteiger partial charge on any atom is 0.242 e. The lowest BCUT2D eigenvalue weighted by Crippen LogP contribution is -2.57. The van der Waals surface area contributed by atoms with Crippen molar-refractivity contribution in [3.05, 3.63) is 30.1 Å². The highest BCUT2D eigenvalue weighted by molar-refractivity contribution is 5.88. The average molecular weight is 399 g/mol. The molecule has 0 bridgehead atoms. The van der Waals surface area contributed by atoms with Crippen molar-refractivity contribution in [2.75, 3.05) is 26.2 Å². The number of likely N-dealkylation sites (tertiary alicyclic amines) is 1. The molecule has 1 aliphatic carbocycles. The van der Waals surface area contributed by atoms with Crippen molar-refractivity contribution < 1.29 is 14.4 Å². The third-order valence-electron chi connectivity index (χ3n) is 6.51. The standard InChI is InChI=1S/C22H30N4O3/c27-20-10-9-17(14-25(20)15-18-6-4-5-11-23-18)22(29)24-12-13-26(21(28)16-24)19-7-2-1-3-8-19/h4-6,11,17,19H,1-3,7-10,12-16H2/t17-/m0/s1. The van der Waals surface area contributed by atoms with Crippen LogP contribution < -0.4 is 0 Å². The number of carbonyl (C=O) groups is 3. The minimum atomic E-state index is -0.231. The van der Waals surface area contributed by atoms with E-state index >= 15 is 0 Å². The Morgan fingerprint density at radius 1 is 1.03 bits per heavy atom. The summed E-state index contributed by atoms with van der Waals surface area (Å²) in [6, 6.07) is 5.99. The summed E-state index contributed by atoms with van der Waals surface area (Å²) in [4.78, 5) is 47.9. The maximum absolute atomic E-state index is 13.1. The minimum Gasteiger partial charge on any atom is -0.336 e. The molecule has 0 unspecified atom stereocenters. The summed E-state index contributed by atoms with van der Waals surface area (Å²) >= 11 is 0. The molecule has 1 atom stereocenters. The predicted molar refractivity (Wildman–Crippen MR) is 108 cm³/mol. The number of hydrogen-bond donors (Lipinski definition) is 0. The normalized spacial score (nSPS) is 24.1. The Kier molecular flexibility index (Phi) is 6.11. The highest BCUT2D eigenvalue weighted by atomic mass is 16.2. The van der Waals surface area contributed by atoms with Crippen molar-refractivity contribution >= 4 is 17.7 Å². The molecule has 1 aromatic rings. The summed E-state index contributed by atoms with van der Waals surface area (Å²) in [5.41, 5.74) is 0.824. The lowest BCUT2D eigenvalue weighted by atomic mass is 9.93. The Bertz CT molecular complexity index is 748. The first-order valence-electron chi connectivity index (χ1n) is 10.9. The van der Waals surface area contributed by atoms with Gasteiger partial charge in [0.2, 0.25) is 17.7 Å². The second-order valence-corrected chi connectivity index (χ2v) is 8.47. The first kappa shape index (κ1) is 19.9. The van der Waals surface area contributed by atoms with Crippen molar-refractivity contribution in [1.29, 1.82) is 0 Å². The zero-order chi connectivity index (χ0) is 20.2. The molecule has 7 nitrogen and oxygen atoms in total. The van der Waals surface area contributed by atoms with Crippen LogP contribution in [0.5, 0.6) is 0 Å². The predicted octanol–water partition coefficient (Wildman–Crippen LogP) is 1.82. The van der Waals surface area contributed by atoms with Gasteiger partial charge in [-0.2, -0.15) is 0 Å². The van der Waals surface area contributed by atoms with Gasteiger partial charge in [-0.1, -0.05) is 25.3 Å². The van der Waals surface area contributed by atoms with Gasteiger partial charge in [0, 0.05) is 38.3 Å². The zero-order valence-electron chi connectivity index (χ0n) is 17.0. The second-order valence-electron chi connectivity index (χ2n) is 8.47. The smallest absolute Gasteiger partial charge is 0.242 e.